The van der Waals surface area contributed by atoms with Crippen LogP contribution in [0.1, 0.15) is 40.5 Å². The normalized spacial score (nSPS) is 20.8. The molecule has 0 unspecified atom stereocenters. The van der Waals surface area contributed by atoms with E-state index in [4.69, 9.17) is 5.11 Å². The molecule has 0 radical (unpaired) electrons. The van der Waals surface area contributed by atoms with Gasteiger partial charge in [0.2, 0.25) is 5.83 Å². The van der Waals surface area contributed by atoms with Crippen LogP contribution in [0.2, 0.25) is 0 Å². The molecule has 0 amide bonds. The first-order valence-electron chi connectivity index (χ1n) is 4.53. The molecule has 1 aliphatic rings. The van der Waals surface area contributed by atoms with E-state index in [1.165, 1.54) is 0 Å². The molecule has 13 heavy (non-hydrogen) atoms. The van der Waals surface area contributed by atoms with Gasteiger partial charge < -0.3 is 5.11 Å². The number of halogens is 1. The number of carbonyl (C=O) groups is 1. The highest BCUT2D eigenvalue weighted by Gasteiger charge is 2.33. The average Bonchev–Trinajstić information content (AvgIpc) is 2.02. The quantitative estimate of drug-likeness (QED) is 0.634. The number of allylic oxidation sites excluding steroid dienone is 2. The third-order valence-electron chi connectivity index (χ3n) is 1.78. The molecule has 0 fully saturated rings. The molecule has 1 rings (SSSR count). The SMILES string of the molecule is CC.CC1(C)CC(=O)C(F)=C(O)C1. The van der Waals surface area contributed by atoms with Crippen LogP contribution in [0.4, 0.5) is 4.39 Å². The van der Waals surface area contributed by atoms with Crippen LogP contribution in [0.5, 0.6) is 0 Å². The second-order valence-electron chi connectivity index (χ2n) is 3.70. The molecule has 0 atom stereocenters. The molecule has 0 aromatic rings. The summed E-state index contributed by atoms with van der Waals surface area (Å²) in [6.07, 6.45) is 0.438. The zero-order valence-electron chi connectivity index (χ0n) is 8.65. The summed E-state index contributed by atoms with van der Waals surface area (Å²) >= 11 is 0. The van der Waals surface area contributed by atoms with Gasteiger partial charge in [0.05, 0.1) is 0 Å². The average molecular weight is 188 g/mol. The summed E-state index contributed by atoms with van der Waals surface area (Å²) in [6, 6.07) is 0. The van der Waals surface area contributed by atoms with E-state index in [0.29, 0.717) is 0 Å². The van der Waals surface area contributed by atoms with Crippen molar-refractivity contribution in [2.24, 2.45) is 5.41 Å². The minimum Gasteiger partial charge on any atom is -0.509 e. The Morgan fingerprint density at radius 3 is 2.15 bits per heavy atom. The van der Waals surface area contributed by atoms with Crippen molar-refractivity contribution in [3.8, 4) is 0 Å². The third kappa shape index (κ3) is 3.17. The second-order valence-corrected chi connectivity index (χ2v) is 3.70. The molecule has 0 spiro atoms. The predicted molar refractivity (Wildman–Crippen MR) is 50.1 cm³/mol. The van der Waals surface area contributed by atoms with Crippen molar-refractivity contribution in [3.63, 3.8) is 0 Å². The van der Waals surface area contributed by atoms with E-state index in [9.17, 15) is 9.18 Å². The molecular weight excluding hydrogens is 171 g/mol. The van der Waals surface area contributed by atoms with Gasteiger partial charge in [-0.15, -0.1) is 0 Å². The summed E-state index contributed by atoms with van der Waals surface area (Å²) in [7, 11) is 0. The van der Waals surface area contributed by atoms with E-state index in [2.05, 4.69) is 0 Å². The number of Topliss-reactive ketones (excluding diaryl/α,β-unsaturated/α-hetero) is 1. The highest BCUT2D eigenvalue weighted by atomic mass is 19.1. The molecule has 0 bridgehead atoms. The van der Waals surface area contributed by atoms with E-state index in [0.717, 1.165) is 0 Å². The van der Waals surface area contributed by atoms with Crippen LogP contribution in [0.25, 0.3) is 0 Å². The Morgan fingerprint density at radius 2 is 1.77 bits per heavy atom. The van der Waals surface area contributed by atoms with E-state index < -0.39 is 17.4 Å². The highest BCUT2D eigenvalue weighted by Crippen LogP contribution is 2.35. The topological polar surface area (TPSA) is 37.3 Å². The Bertz CT molecular complexity index is 229. The lowest BCUT2D eigenvalue weighted by Crippen LogP contribution is -2.24. The monoisotopic (exact) mass is 188 g/mol. The molecule has 3 heteroatoms. The Labute approximate surface area is 78.5 Å². The molecule has 0 saturated carbocycles. The van der Waals surface area contributed by atoms with Crippen molar-refractivity contribution in [3.05, 3.63) is 11.6 Å². The molecule has 0 heterocycles. The van der Waals surface area contributed by atoms with Gasteiger partial charge in [0.25, 0.3) is 0 Å². The fourth-order valence-electron chi connectivity index (χ4n) is 1.27. The van der Waals surface area contributed by atoms with Gasteiger partial charge in [-0.05, 0) is 5.41 Å². The van der Waals surface area contributed by atoms with Gasteiger partial charge >= 0.3 is 0 Å². The maximum absolute atomic E-state index is 12.6. The van der Waals surface area contributed by atoms with Crippen molar-refractivity contribution in [2.45, 2.75) is 40.5 Å². The van der Waals surface area contributed by atoms with Crippen LogP contribution in [0.15, 0.2) is 11.6 Å². The van der Waals surface area contributed by atoms with Crippen LogP contribution in [0.3, 0.4) is 0 Å². The van der Waals surface area contributed by atoms with E-state index in [1.807, 2.05) is 27.7 Å². The number of rotatable bonds is 0. The number of aliphatic hydroxyl groups excluding tert-OH is 1. The Morgan fingerprint density at radius 1 is 1.31 bits per heavy atom. The van der Waals surface area contributed by atoms with Gasteiger partial charge in [-0.2, -0.15) is 4.39 Å². The standard InChI is InChI=1S/C8H11FO2.C2H6/c1-8(2)3-5(10)7(9)6(11)4-8;1-2/h10H,3-4H2,1-2H3;1-2H3. The zero-order chi connectivity index (χ0) is 10.6. The van der Waals surface area contributed by atoms with E-state index in [1.54, 1.807) is 0 Å². The predicted octanol–water partition coefficient (Wildman–Crippen LogP) is 3.14. The first-order valence-corrected chi connectivity index (χ1v) is 4.53. The lowest BCUT2D eigenvalue weighted by Gasteiger charge is -2.26. The van der Waals surface area contributed by atoms with Crippen LogP contribution >= 0.6 is 0 Å². The molecule has 1 aliphatic carbocycles. The molecule has 0 aliphatic heterocycles. The van der Waals surface area contributed by atoms with Gasteiger partial charge in [-0.3, -0.25) is 4.79 Å². The maximum atomic E-state index is 12.6. The summed E-state index contributed by atoms with van der Waals surface area (Å²) in [5.41, 5.74) is -0.295. The van der Waals surface area contributed by atoms with E-state index >= 15 is 0 Å². The first-order chi connectivity index (χ1) is 5.92. The maximum Gasteiger partial charge on any atom is 0.203 e. The minimum atomic E-state index is -0.954. The summed E-state index contributed by atoms with van der Waals surface area (Å²) in [4.78, 5) is 10.8. The number of carbonyl (C=O) groups excluding carboxylic acids is 1. The first kappa shape index (κ1) is 12.1. The summed E-state index contributed by atoms with van der Waals surface area (Å²) in [5.74, 6) is -1.94. The van der Waals surface area contributed by atoms with Gasteiger partial charge in [0.15, 0.2) is 5.78 Å². The number of hydrogen-bond acceptors (Lipinski definition) is 2. The molecule has 0 aromatic heterocycles. The zero-order valence-corrected chi connectivity index (χ0v) is 8.65. The van der Waals surface area contributed by atoms with Crippen molar-refractivity contribution in [2.75, 3.05) is 0 Å². The lowest BCUT2D eigenvalue weighted by molar-refractivity contribution is -0.120. The Kier molecular flexibility index (Phi) is 4.11. The minimum absolute atomic E-state index is 0.183. The van der Waals surface area contributed by atoms with Crippen LogP contribution < -0.4 is 0 Å². The summed E-state index contributed by atoms with van der Waals surface area (Å²) < 4.78 is 12.6. The van der Waals surface area contributed by atoms with Crippen molar-refractivity contribution < 1.29 is 14.3 Å². The molecule has 0 aromatic carbocycles. The molecule has 76 valence electrons. The fraction of sp³-hybridized carbons (Fsp3) is 0.700. The van der Waals surface area contributed by atoms with Gasteiger partial charge in [0.1, 0.15) is 5.76 Å². The van der Waals surface area contributed by atoms with Crippen LogP contribution in [0, 0.1) is 5.41 Å². The molecular formula is C10H17FO2. The smallest absolute Gasteiger partial charge is 0.203 e. The van der Waals surface area contributed by atoms with Gasteiger partial charge in [-0.25, -0.2) is 0 Å². The number of ketones is 1. The Hall–Kier alpha value is -0.860. The van der Waals surface area contributed by atoms with Crippen molar-refractivity contribution in [1.82, 2.24) is 0 Å². The summed E-state index contributed by atoms with van der Waals surface area (Å²) in [5, 5.41) is 8.97. The van der Waals surface area contributed by atoms with Crippen LogP contribution in [-0.4, -0.2) is 10.9 Å². The van der Waals surface area contributed by atoms with Crippen LogP contribution in [-0.2, 0) is 4.79 Å². The van der Waals surface area contributed by atoms with Gasteiger partial charge in [0, 0.05) is 12.8 Å². The fourth-order valence-corrected chi connectivity index (χ4v) is 1.27. The van der Waals surface area contributed by atoms with E-state index in [-0.39, 0.29) is 18.3 Å². The number of aliphatic hydroxyl groups is 1. The second kappa shape index (κ2) is 4.40. The molecule has 0 saturated heterocycles. The van der Waals surface area contributed by atoms with Crippen molar-refractivity contribution in [1.29, 1.82) is 0 Å². The Balaban J connectivity index is 0.000000671. The molecule has 1 N–H and O–H groups in total. The van der Waals surface area contributed by atoms with Gasteiger partial charge in [-0.1, -0.05) is 27.7 Å². The summed E-state index contributed by atoms with van der Waals surface area (Å²) in [6.45, 7) is 7.65. The number of hydrogen-bond donors (Lipinski definition) is 1. The third-order valence-corrected chi connectivity index (χ3v) is 1.78. The van der Waals surface area contributed by atoms with Crippen molar-refractivity contribution >= 4 is 5.78 Å². The highest BCUT2D eigenvalue weighted by molar-refractivity contribution is 5.94. The lowest BCUT2D eigenvalue weighted by atomic mass is 9.79. The molecule has 2 nitrogen and oxygen atoms in total. The largest absolute Gasteiger partial charge is 0.509 e.